The van der Waals surface area contributed by atoms with Gasteiger partial charge in [-0.05, 0) is 55.4 Å². The lowest BCUT2D eigenvalue weighted by molar-refractivity contribution is -0.117. The molecule has 6 heteroatoms. The lowest BCUT2D eigenvalue weighted by atomic mass is 9.87. The molecule has 0 heterocycles. The third kappa shape index (κ3) is 4.92. The molecule has 1 saturated carbocycles. The summed E-state index contributed by atoms with van der Waals surface area (Å²) in [5.41, 5.74) is 0.792. The molecule has 0 bridgehead atoms. The summed E-state index contributed by atoms with van der Waals surface area (Å²) in [7, 11) is -0.420. The van der Waals surface area contributed by atoms with Crippen LogP contribution in [0.15, 0.2) is 35.2 Å². The van der Waals surface area contributed by atoms with Crippen LogP contribution in [0.5, 0.6) is 0 Å². The molecule has 24 heavy (non-hydrogen) atoms. The number of sulfonamides is 1. The van der Waals surface area contributed by atoms with Gasteiger partial charge in [-0.1, -0.05) is 19.1 Å². The maximum atomic E-state index is 12.0. The molecule has 0 aromatic heterocycles. The smallest absolute Gasteiger partial charge is 0.244 e. The third-order valence-electron chi connectivity index (χ3n) is 4.45. The van der Waals surface area contributed by atoms with Crippen molar-refractivity contribution in [1.29, 1.82) is 0 Å². The van der Waals surface area contributed by atoms with Gasteiger partial charge in [0.1, 0.15) is 0 Å². The van der Waals surface area contributed by atoms with E-state index in [1.165, 1.54) is 24.5 Å². The predicted molar refractivity (Wildman–Crippen MR) is 95.9 cm³/mol. The van der Waals surface area contributed by atoms with Gasteiger partial charge < -0.3 is 5.32 Å². The van der Waals surface area contributed by atoms with Crippen LogP contribution in [0.25, 0.3) is 6.08 Å². The zero-order chi connectivity index (χ0) is 17.7. The van der Waals surface area contributed by atoms with E-state index in [-0.39, 0.29) is 16.8 Å². The van der Waals surface area contributed by atoms with Crippen LogP contribution in [0.3, 0.4) is 0 Å². The van der Waals surface area contributed by atoms with E-state index in [1.807, 2.05) is 0 Å². The van der Waals surface area contributed by atoms with Crippen molar-refractivity contribution in [3.63, 3.8) is 0 Å². The molecular weight excluding hydrogens is 324 g/mol. The summed E-state index contributed by atoms with van der Waals surface area (Å²) in [5, 5.41) is 3.03. The van der Waals surface area contributed by atoms with Crippen LogP contribution in [0.1, 0.15) is 38.2 Å². The Morgan fingerprint density at radius 1 is 1.12 bits per heavy atom. The Hall–Kier alpha value is -1.66. The Morgan fingerprint density at radius 3 is 2.25 bits per heavy atom. The quantitative estimate of drug-likeness (QED) is 0.830. The molecule has 0 aliphatic heterocycles. The second-order valence-electron chi connectivity index (χ2n) is 6.66. The third-order valence-corrected chi connectivity index (χ3v) is 6.28. The normalized spacial score (nSPS) is 22.0. The maximum Gasteiger partial charge on any atom is 0.244 e. The van der Waals surface area contributed by atoms with Crippen LogP contribution in [-0.4, -0.2) is 38.8 Å². The van der Waals surface area contributed by atoms with Crippen molar-refractivity contribution in [2.75, 3.05) is 14.1 Å². The molecule has 0 atom stereocenters. The number of benzene rings is 1. The summed E-state index contributed by atoms with van der Waals surface area (Å²) < 4.78 is 25.2. The molecule has 1 aromatic rings. The first-order chi connectivity index (χ1) is 11.3. The predicted octanol–water partition coefficient (Wildman–Crippen LogP) is 2.65. The fourth-order valence-electron chi connectivity index (χ4n) is 2.79. The highest BCUT2D eigenvalue weighted by Gasteiger charge is 2.19. The number of hydrogen-bond acceptors (Lipinski definition) is 3. The SMILES string of the molecule is CC1CCC(NC(=O)/C=C/c2ccc(S(=O)(=O)N(C)C)cc2)CC1. The second-order valence-corrected chi connectivity index (χ2v) is 8.81. The summed E-state index contributed by atoms with van der Waals surface area (Å²) in [4.78, 5) is 12.2. The molecule has 1 aromatic carbocycles. The first-order valence-corrected chi connectivity index (χ1v) is 9.74. The van der Waals surface area contributed by atoms with Crippen LogP contribution < -0.4 is 5.32 Å². The molecular formula is C18H26N2O3S. The van der Waals surface area contributed by atoms with Gasteiger partial charge in [0.2, 0.25) is 15.9 Å². The van der Waals surface area contributed by atoms with Crippen LogP contribution in [-0.2, 0) is 14.8 Å². The fourth-order valence-corrected chi connectivity index (χ4v) is 3.69. The van der Waals surface area contributed by atoms with E-state index in [1.54, 1.807) is 30.3 Å². The second kappa shape index (κ2) is 7.94. The van der Waals surface area contributed by atoms with Crippen molar-refractivity contribution in [2.45, 2.75) is 43.5 Å². The van der Waals surface area contributed by atoms with Crippen LogP contribution in [0, 0.1) is 5.92 Å². The molecule has 0 unspecified atom stereocenters. The van der Waals surface area contributed by atoms with E-state index in [0.29, 0.717) is 0 Å². The number of nitrogens with zero attached hydrogens (tertiary/aromatic N) is 1. The van der Waals surface area contributed by atoms with E-state index in [0.717, 1.165) is 37.2 Å². The lowest BCUT2D eigenvalue weighted by Crippen LogP contribution is -2.36. The highest BCUT2D eigenvalue weighted by molar-refractivity contribution is 7.89. The summed E-state index contributed by atoms with van der Waals surface area (Å²) in [6.45, 7) is 2.25. The summed E-state index contributed by atoms with van der Waals surface area (Å²) >= 11 is 0. The van der Waals surface area contributed by atoms with E-state index >= 15 is 0 Å². The average Bonchev–Trinajstić information content (AvgIpc) is 2.55. The molecule has 1 aliphatic rings. The van der Waals surface area contributed by atoms with Crippen molar-refractivity contribution >= 4 is 22.0 Å². The zero-order valence-electron chi connectivity index (χ0n) is 14.5. The Balaban J connectivity index is 1.93. The van der Waals surface area contributed by atoms with Crippen LogP contribution in [0.4, 0.5) is 0 Å². The van der Waals surface area contributed by atoms with Crippen LogP contribution in [0.2, 0.25) is 0 Å². The molecule has 0 spiro atoms. The molecule has 132 valence electrons. The summed E-state index contributed by atoms with van der Waals surface area (Å²) in [5.74, 6) is 0.658. The van der Waals surface area contributed by atoms with E-state index < -0.39 is 10.0 Å². The topological polar surface area (TPSA) is 66.5 Å². The molecule has 1 aliphatic carbocycles. The first-order valence-electron chi connectivity index (χ1n) is 8.30. The van der Waals surface area contributed by atoms with Crippen molar-refractivity contribution in [1.82, 2.24) is 9.62 Å². The zero-order valence-corrected chi connectivity index (χ0v) is 15.3. The Bertz CT molecular complexity index is 685. The number of carbonyl (C=O) groups is 1. The fraction of sp³-hybridized carbons (Fsp3) is 0.500. The van der Waals surface area contributed by atoms with Gasteiger partial charge in [-0.2, -0.15) is 0 Å². The molecule has 1 N–H and O–H groups in total. The van der Waals surface area contributed by atoms with Gasteiger partial charge in [-0.15, -0.1) is 0 Å². The maximum absolute atomic E-state index is 12.0. The summed E-state index contributed by atoms with van der Waals surface area (Å²) in [6, 6.07) is 6.77. The van der Waals surface area contributed by atoms with Gasteiger partial charge in [0, 0.05) is 26.2 Å². The van der Waals surface area contributed by atoms with Crippen molar-refractivity contribution in [3.8, 4) is 0 Å². The minimum absolute atomic E-state index is 0.0976. The van der Waals surface area contributed by atoms with Crippen molar-refractivity contribution in [3.05, 3.63) is 35.9 Å². The molecule has 0 radical (unpaired) electrons. The molecule has 1 fully saturated rings. The summed E-state index contributed by atoms with van der Waals surface area (Å²) in [6.07, 6.45) is 7.61. The molecule has 1 amide bonds. The minimum Gasteiger partial charge on any atom is -0.350 e. The number of hydrogen-bond donors (Lipinski definition) is 1. The Kier molecular flexibility index (Phi) is 6.18. The standard InChI is InChI=1S/C18H26N2O3S/c1-14-4-9-16(10-5-14)19-18(21)13-8-15-6-11-17(12-7-15)24(22,23)20(2)3/h6-8,11-14,16H,4-5,9-10H2,1-3H3,(H,19,21)/b13-8+. The number of amides is 1. The first kappa shape index (κ1) is 18.7. The van der Waals surface area contributed by atoms with Gasteiger partial charge in [-0.25, -0.2) is 12.7 Å². The van der Waals surface area contributed by atoms with Gasteiger partial charge in [0.05, 0.1) is 4.90 Å². The Morgan fingerprint density at radius 2 is 1.71 bits per heavy atom. The van der Waals surface area contributed by atoms with Gasteiger partial charge >= 0.3 is 0 Å². The molecule has 2 rings (SSSR count). The van der Waals surface area contributed by atoms with E-state index in [9.17, 15) is 13.2 Å². The lowest BCUT2D eigenvalue weighted by Gasteiger charge is -2.26. The van der Waals surface area contributed by atoms with E-state index in [4.69, 9.17) is 0 Å². The van der Waals surface area contributed by atoms with Gasteiger partial charge in [0.25, 0.3) is 0 Å². The highest BCUT2D eigenvalue weighted by Crippen LogP contribution is 2.23. The molecule has 5 nitrogen and oxygen atoms in total. The number of rotatable bonds is 5. The van der Waals surface area contributed by atoms with Crippen molar-refractivity contribution < 1.29 is 13.2 Å². The number of nitrogens with one attached hydrogen (secondary N) is 1. The highest BCUT2D eigenvalue weighted by atomic mass is 32.2. The van der Waals surface area contributed by atoms with Crippen LogP contribution >= 0.6 is 0 Å². The Labute approximate surface area is 144 Å². The van der Waals surface area contributed by atoms with Gasteiger partial charge in [0.15, 0.2) is 0 Å². The number of carbonyl (C=O) groups excluding carboxylic acids is 1. The largest absolute Gasteiger partial charge is 0.350 e. The minimum atomic E-state index is -3.42. The van der Waals surface area contributed by atoms with E-state index in [2.05, 4.69) is 12.2 Å². The van der Waals surface area contributed by atoms with Gasteiger partial charge in [-0.3, -0.25) is 4.79 Å². The average molecular weight is 350 g/mol. The molecule has 0 saturated heterocycles. The van der Waals surface area contributed by atoms with Crippen molar-refractivity contribution in [2.24, 2.45) is 5.92 Å². The monoisotopic (exact) mass is 350 g/mol.